The van der Waals surface area contributed by atoms with Crippen LogP contribution >= 0.6 is 35.0 Å². The number of hydrogen-bond acceptors (Lipinski definition) is 5. The van der Waals surface area contributed by atoms with E-state index in [-0.39, 0.29) is 16.4 Å². The number of fused-ring (bicyclic) bond motifs is 1. The highest BCUT2D eigenvalue weighted by molar-refractivity contribution is 8.18. The summed E-state index contributed by atoms with van der Waals surface area (Å²) < 4.78 is 0. The molecule has 1 N–H and O–H groups in total. The van der Waals surface area contributed by atoms with Crippen LogP contribution in [0.3, 0.4) is 0 Å². The van der Waals surface area contributed by atoms with Crippen molar-refractivity contribution in [1.29, 1.82) is 0 Å². The molecule has 0 bridgehead atoms. The van der Waals surface area contributed by atoms with E-state index >= 15 is 0 Å². The van der Waals surface area contributed by atoms with Crippen LogP contribution in [0.5, 0.6) is 0 Å². The molecule has 0 aliphatic carbocycles. The van der Waals surface area contributed by atoms with Gasteiger partial charge >= 0.3 is 5.97 Å². The Morgan fingerprint density at radius 3 is 2.14 bits per heavy atom. The number of rotatable bonds is 4. The van der Waals surface area contributed by atoms with Crippen molar-refractivity contribution >= 4 is 51.9 Å². The van der Waals surface area contributed by atoms with Gasteiger partial charge in [0, 0.05) is 17.0 Å². The van der Waals surface area contributed by atoms with E-state index in [4.69, 9.17) is 28.2 Å². The highest BCUT2D eigenvalue weighted by atomic mass is 35.5. The third-order valence-electron chi connectivity index (χ3n) is 5.12. The molecular weight excluding hydrogens is 431 g/mol. The lowest BCUT2D eigenvalue weighted by Gasteiger charge is -2.35. The fourth-order valence-electron chi connectivity index (χ4n) is 3.82. The summed E-state index contributed by atoms with van der Waals surface area (Å²) in [6, 6.07) is 14.3. The van der Waals surface area contributed by atoms with E-state index in [1.807, 2.05) is 31.2 Å². The van der Waals surface area contributed by atoms with E-state index < -0.39 is 17.6 Å². The maximum Gasteiger partial charge on any atom is 0.344 e. The van der Waals surface area contributed by atoms with Gasteiger partial charge in [-0.1, -0.05) is 47.5 Å². The van der Waals surface area contributed by atoms with Crippen LogP contribution in [-0.4, -0.2) is 26.9 Å². The predicted molar refractivity (Wildman–Crippen MR) is 115 cm³/mol. The highest BCUT2D eigenvalue weighted by Gasteiger charge is 2.53. The minimum Gasteiger partial charge on any atom is -0.477 e. The Morgan fingerprint density at radius 2 is 1.62 bits per heavy atom. The first-order valence-electron chi connectivity index (χ1n) is 8.79. The predicted octanol–water partition coefficient (Wildman–Crippen LogP) is 5.25. The van der Waals surface area contributed by atoms with Gasteiger partial charge in [0.25, 0.3) is 0 Å². The molecule has 0 unspecified atom stereocenters. The Kier molecular flexibility index (Phi) is 4.97. The Hall–Kier alpha value is -2.28. The Bertz CT molecular complexity index is 1080. The summed E-state index contributed by atoms with van der Waals surface area (Å²) in [5, 5.41) is 11.3. The van der Waals surface area contributed by atoms with Gasteiger partial charge in [0.1, 0.15) is 16.1 Å². The maximum absolute atomic E-state index is 12.5. The van der Waals surface area contributed by atoms with Gasteiger partial charge in [0.15, 0.2) is 11.0 Å². The van der Waals surface area contributed by atoms with Crippen molar-refractivity contribution in [2.75, 3.05) is 0 Å². The zero-order valence-corrected chi connectivity index (χ0v) is 17.8. The van der Waals surface area contributed by atoms with E-state index in [0.717, 1.165) is 22.9 Å². The van der Waals surface area contributed by atoms with Gasteiger partial charge in [-0.05, 0) is 54.1 Å². The van der Waals surface area contributed by atoms with Crippen molar-refractivity contribution in [3.05, 3.63) is 80.3 Å². The van der Waals surface area contributed by atoms with Crippen molar-refractivity contribution in [2.24, 2.45) is 4.99 Å². The van der Waals surface area contributed by atoms with Crippen LogP contribution < -0.4 is 0 Å². The first-order valence-corrected chi connectivity index (χ1v) is 10.4. The van der Waals surface area contributed by atoms with Crippen LogP contribution in [0.2, 0.25) is 10.0 Å². The fourth-order valence-corrected chi connectivity index (χ4v) is 5.22. The highest BCUT2D eigenvalue weighted by Crippen LogP contribution is 2.55. The quantitative estimate of drug-likeness (QED) is 0.693. The molecule has 2 aromatic rings. The SMILES string of the molecule is CC(=O)C1=C(C(=O)O)SC2=N[C@@](C)(c3ccc(Cl)cc3)[C@@H](c3ccc(Cl)cc3)N21. The molecule has 8 heteroatoms. The second-order valence-electron chi connectivity index (χ2n) is 7.01. The number of benzene rings is 2. The number of aliphatic carboxylic acids is 1. The smallest absolute Gasteiger partial charge is 0.344 e. The molecular formula is C21H16Cl2N2O3S. The first kappa shape index (κ1) is 20.0. The number of carboxylic acid groups (broad SMARTS) is 1. The van der Waals surface area contributed by atoms with Gasteiger partial charge in [-0.15, -0.1) is 0 Å². The number of amidine groups is 1. The molecule has 0 spiro atoms. The number of aliphatic imine (C=N–C) groups is 1. The third-order valence-corrected chi connectivity index (χ3v) is 6.66. The fraction of sp³-hybridized carbons (Fsp3) is 0.190. The number of Topliss-reactive ketones (excluding diaryl/α,β-unsaturated/α-hetero) is 1. The van der Waals surface area contributed by atoms with Crippen LogP contribution in [0, 0.1) is 0 Å². The molecule has 5 nitrogen and oxygen atoms in total. The van der Waals surface area contributed by atoms with E-state index in [2.05, 4.69) is 0 Å². The number of nitrogens with zero attached hydrogens (tertiary/aromatic N) is 2. The van der Waals surface area contributed by atoms with Crippen molar-refractivity contribution < 1.29 is 14.7 Å². The second-order valence-corrected chi connectivity index (χ2v) is 8.86. The molecule has 29 heavy (non-hydrogen) atoms. The van der Waals surface area contributed by atoms with E-state index in [1.165, 1.54) is 6.92 Å². The molecule has 2 aliphatic rings. The normalized spacial score (nSPS) is 23.2. The summed E-state index contributed by atoms with van der Waals surface area (Å²) in [6.45, 7) is 3.35. The zero-order valence-electron chi connectivity index (χ0n) is 15.5. The largest absolute Gasteiger partial charge is 0.477 e. The van der Waals surface area contributed by atoms with E-state index in [9.17, 15) is 14.7 Å². The van der Waals surface area contributed by atoms with Gasteiger partial charge in [-0.3, -0.25) is 4.79 Å². The van der Waals surface area contributed by atoms with Gasteiger partial charge in [0.2, 0.25) is 0 Å². The summed E-state index contributed by atoms with van der Waals surface area (Å²) in [4.78, 5) is 30.9. The molecule has 0 amide bonds. The van der Waals surface area contributed by atoms with E-state index in [1.54, 1.807) is 29.2 Å². The summed E-state index contributed by atoms with van der Waals surface area (Å²) >= 11 is 13.2. The van der Waals surface area contributed by atoms with Crippen LogP contribution in [0.4, 0.5) is 0 Å². The average Bonchev–Trinajstić information content (AvgIpc) is 3.16. The minimum atomic E-state index is -1.14. The maximum atomic E-state index is 12.5. The monoisotopic (exact) mass is 446 g/mol. The molecule has 0 fully saturated rings. The Morgan fingerprint density at radius 1 is 1.07 bits per heavy atom. The molecule has 0 saturated carbocycles. The van der Waals surface area contributed by atoms with Crippen LogP contribution in [0.1, 0.15) is 31.0 Å². The Balaban J connectivity index is 1.93. The summed E-state index contributed by atoms with van der Waals surface area (Å²) in [5.74, 6) is -1.46. The number of ketones is 1. The molecule has 0 saturated heterocycles. The molecule has 2 aliphatic heterocycles. The van der Waals surface area contributed by atoms with Crippen molar-refractivity contribution in [1.82, 2.24) is 4.90 Å². The number of carboxylic acids is 1. The van der Waals surface area contributed by atoms with Gasteiger partial charge in [-0.25, -0.2) is 9.79 Å². The van der Waals surface area contributed by atoms with Crippen LogP contribution in [-0.2, 0) is 15.1 Å². The minimum absolute atomic E-state index is 0.00614. The first-order chi connectivity index (χ1) is 13.7. The summed E-state index contributed by atoms with van der Waals surface area (Å²) in [7, 11) is 0. The number of halogens is 2. The number of thioether (sulfide) groups is 1. The van der Waals surface area contributed by atoms with Crippen LogP contribution in [0.15, 0.2) is 64.1 Å². The van der Waals surface area contributed by atoms with Crippen molar-refractivity contribution in [2.45, 2.75) is 25.4 Å². The number of allylic oxidation sites excluding steroid dienone is 1. The second kappa shape index (κ2) is 7.20. The molecule has 0 aromatic heterocycles. The van der Waals surface area contributed by atoms with Gasteiger partial charge < -0.3 is 10.0 Å². The van der Waals surface area contributed by atoms with Crippen LogP contribution in [0.25, 0.3) is 0 Å². The molecule has 0 radical (unpaired) electrons. The van der Waals surface area contributed by atoms with Gasteiger partial charge in [0.05, 0.1) is 6.04 Å². The van der Waals surface area contributed by atoms with Gasteiger partial charge in [-0.2, -0.15) is 0 Å². The number of hydrogen-bond donors (Lipinski definition) is 1. The summed E-state index contributed by atoms with van der Waals surface area (Å²) in [6.07, 6.45) is 0. The van der Waals surface area contributed by atoms with Crippen molar-refractivity contribution in [3.63, 3.8) is 0 Å². The molecule has 148 valence electrons. The average molecular weight is 447 g/mol. The molecule has 2 atom stereocenters. The van der Waals surface area contributed by atoms with E-state index in [0.29, 0.717) is 15.2 Å². The lowest BCUT2D eigenvalue weighted by molar-refractivity contribution is -0.132. The molecule has 4 rings (SSSR count). The standard InChI is InChI=1S/C21H16Cl2N2O3S/c1-11(26)16-17(19(27)28)29-20-24-21(2,13-5-9-15(23)10-6-13)18(25(16)20)12-3-7-14(22)8-4-12/h3-10,18H,1-2H3,(H,27,28)/t18-,21+/m1/s1. The lowest BCUT2D eigenvalue weighted by Crippen LogP contribution is -2.36. The lowest BCUT2D eigenvalue weighted by atomic mass is 9.81. The topological polar surface area (TPSA) is 70.0 Å². The molecule has 2 heterocycles. The summed E-state index contributed by atoms with van der Waals surface area (Å²) in [5.41, 5.74) is 1.17. The molecule has 2 aromatic carbocycles. The number of carbonyl (C=O) groups is 2. The number of carbonyl (C=O) groups excluding carboxylic acids is 1. The Labute approximate surface area is 182 Å². The zero-order chi connectivity index (χ0) is 20.9. The third kappa shape index (κ3) is 3.25. The van der Waals surface area contributed by atoms with Crippen molar-refractivity contribution in [3.8, 4) is 0 Å².